The van der Waals surface area contributed by atoms with Gasteiger partial charge in [-0.1, -0.05) is 56.5 Å². The van der Waals surface area contributed by atoms with Crippen molar-refractivity contribution in [3.8, 4) is 11.4 Å². The molecule has 0 saturated heterocycles. The quantitative estimate of drug-likeness (QED) is 0.153. The lowest BCUT2D eigenvalue weighted by molar-refractivity contribution is 0.411. The van der Waals surface area contributed by atoms with Gasteiger partial charge >= 0.3 is 0 Å². The number of rotatable bonds is 9. The predicted octanol–water partition coefficient (Wildman–Crippen LogP) is 6.06. The van der Waals surface area contributed by atoms with Gasteiger partial charge in [0.25, 0.3) is 5.56 Å². The van der Waals surface area contributed by atoms with Crippen LogP contribution >= 0.6 is 34.4 Å². The predicted molar refractivity (Wildman–Crippen MR) is 126 cm³/mol. The van der Waals surface area contributed by atoms with Gasteiger partial charge in [0.1, 0.15) is 5.75 Å². The molecule has 0 aliphatic heterocycles. The fourth-order valence-corrected chi connectivity index (χ4v) is 4.63. The van der Waals surface area contributed by atoms with Gasteiger partial charge in [-0.15, -0.1) is 0 Å². The number of unbranched alkanes of at least 4 members (excludes halogenated alkanes) is 4. The molecule has 0 unspecified atom stereocenters. The number of fused-ring (bicyclic) bond motifs is 1. The van der Waals surface area contributed by atoms with Crippen LogP contribution in [0.25, 0.3) is 16.6 Å². The van der Waals surface area contributed by atoms with E-state index in [1.165, 1.54) is 25.7 Å². The lowest BCUT2D eigenvalue weighted by Gasteiger charge is -2.15. The minimum absolute atomic E-state index is 0.0542. The summed E-state index contributed by atoms with van der Waals surface area (Å²) in [7, 11) is 1.63. The van der Waals surface area contributed by atoms with E-state index in [1.54, 1.807) is 23.4 Å². The molecule has 3 aromatic rings. The standard InChI is InChI=1S/C22H25IN2O2S/c1-3-4-5-6-9-14-28-22-24-18-13-12-16(23)15-17(18)21(26)25(22)19-10-7-8-11-20(19)27-2/h7-8,10-13,15H,3-6,9,14H2,1-2H3. The highest BCUT2D eigenvalue weighted by Gasteiger charge is 2.16. The highest BCUT2D eigenvalue weighted by Crippen LogP contribution is 2.28. The van der Waals surface area contributed by atoms with Crippen LogP contribution in [0.5, 0.6) is 5.75 Å². The van der Waals surface area contributed by atoms with Crippen molar-refractivity contribution in [1.29, 1.82) is 0 Å². The third kappa shape index (κ3) is 4.89. The lowest BCUT2D eigenvalue weighted by Crippen LogP contribution is -2.22. The summed E-state index contributed by atoms with van der Waals surface area (Å²) in [6, 6.07) is 13.4. The summed E-state index contributed by atoms with van der Waals surface area (Å²) in [5, 5.41) is 1.35. The third-order valence-electron chi connectivity index (χ3n) is 4.60. The Kier molecular flexibility index (Phi) is 7.79. The fraction of sp³-hybridized carbons (Fsp3) is 0.364. The molecule has 0 atom stereocenters. The van der Waals surface area contributed by atoms with Gasteiger partial charge in [-0.3, -0.25) is 9.36 Å². The normalized spacial score (nSPS) is 11.1. The van der Waals surface area contributed by atoms with E-state index in [0.29, 0.717) is 11.1 Å². The number of aromatic nitrogens is 2. The molecule has 4 nitrogen and oxygen atoms in total. The van der Waals surface area contributed by atoms with Crippen LogP contribution in [0.3, 0.4) is 0 Å². The zero-order chi connectivity index (χ0) is 19.9. The first-order valence-electron chi connectivity index (χ1n) is 9.64. The zero-order valence-electron chi connectivity index (χ0n) is 16.3. The molecule has 0 N–H and O–H groups in total. The number of thioether (sulfide) groups is 1. The molecule has 1 aromatic heterocycles. The van der Waals surface area contributed by atoms with Gasteiger partial charge in [-0.2, -0.15) is 0 Å². The molecular formula is C22H25IN2O2S. The number of hydrogen-bond donors (Lipinski definition) is 0. The van der Waals surface area contributed by atoms with E-state index in [1.807, 2.05) is 42.5 Å². The van der Waals surface area contributed by atoms with Gasteiger partial charge in [0.2, 0.25) is 0 Å². The molecule has 0 fully saturated rings. The SMILES string of the molecule is CCCCCCCSc1nc2ccc(I)cc2c(=O)n1-c1ccccc1OC. The Labute approximate surface area is 183 Å². The first kappa shape index (κ1) is 21.2. The Morgan fingerprint density at radius 1 is 1.11 bits per heavy atom. The highest BCUT2D eigenvalue weighted by molar-refractivity contribution is 14.1. The second-order valence-corrected chi connectivity index (χ2v) is 8.94. The van der Waals surface area contributed by atoms with Crippen LogP contribution in [0.15, 0.2) is 52.4 Å². The molecule has 28 heavy (non-hydrogen) atoms. The first-order chi connectivity index (χ1) is 13.7. The van der Waals surface area contributed by atoms with Crippen molar-refractivity contribution in [2.45, 2.75) is 44.2 Å². The van der Waals surface area contributed by atoms with Crippen LogP contribution in [-0.2, 0) is 0 Å². The maximum Gasteiger partial charge on any atom is 0.266 e. The van der Waals surface area contributed by atoms with Crippen LogP contribution in [0.4, 0.5) is 0 Å². The number of halogens is 1. The first-order valence-corrected chi connectivity index (χ1v) is 11.7. The summed E-state index contributed by atoms with van der Waals surface area (Å²) in [4.78, 5) is 18.2. The van der Waals surface area contributed by atoms with Crippen molar-refractivity contribution in [2.24, 2.45) is 0 Å². The van der Waals surface area contributed by atoms with Crippen molar-refractivity contribution in [2.75, 3.05) is 12.9 Å². The molecule has 0 saturated carbocycles. The van der Waals surface area contributed by atoms with E-state index in [0.717, 1.165) is 32.1 Å². The molecule has 0 bridgehead atoms. The summed E-state index contributed by atoms with van der Waals surface area (Å²) < 4.78 is 8.24. The van der Waals surface area contributed by atoms with Gasteiger partial charge in [0.05, 0.1) is 23.7 Å². The third-order valence-corrected chi connectivity index (χ3v) is 6.30. The maximum atomic E-state index is 13.4. The minimum atomic E-state index is -0.0542. The zero-order valence-corrected chi connectivity index (χ0v) is 19.3. The number of benzene rings is 2. The monoisotopic (exact) mass is 508 g/mol. The van der Waals surface area contributed by atoms with Crippen molar-refractivity contribution in [1.82, 2.24) is 9.55 Å². The summed E-state index contributed by atoms with van der Waals surface area (Å²) in [6.45, 7) is 2.22. The summed E-state index contributed by atoms with van der Waals surface area (Å²) in [5.41, 5.74) is 1.42. The highest BCUT2D eigenvalue weighted by atomic mass is 127. The van der Waals surface area contributed by atoms with Crippen molar-refractivity contribution < 1.29 is 4.74 Å². The maximum absolute atomic E-state index is 13.4. The second-order valence-electron chi connectivity index (χ2n) is 6.63. The number of hydrogen-bond acceptors (Lipinski definition) is 4. The van der Waals surface area contributed by atoms with Gasteiger partial charge in [-0.25, -0.2) is 4.98 Å². The van der Waals surface area contributed by atoms with Crippen molar-refractivity contribution in [3.63, 3.8) is 0 Å². The Hall–Kier alpha value is -1.54. The van der Waals surface area contributed by atoms with Crippen LogP contribution in [0, 0.1) is 3.57 Å². The van der Waals surface area contributed by atoms with Gasteiger partial charge in [-0.05, 0) is 59.3 Å². The fourth-order valence-electron chi connectivity index (χ4n) is 3.13. The second kappa shape index (κ2) is 10.3. The summed E-state index contributed by atoms with van der Waals surface area (Å²) >= 11 is 3.87. The smallest absolute Gasteiger partial charge is 0.266 e. The van der Waals surface area contributed by atoms with Crippen molar-refractivity contribution >= 4 is 45.3 Å². The number of methoxy groups -OCH3 is 1. The molecule has 6 heteroatoms. The van der Waals surface area contributed by atoms with E-state index in [4.69, 9.17) is 9.72 Å². The molecule has 2 aromatic carbocycles. The minimum Gasteiger partial charge on any atom is -0.495 e. The van der Waals surface area contributed by atoms with Crippen molar-refractivity contribution in [3.05, 3.63) is 56.4 Å². The summed E-state index contributed by atoms with van der Waals surface area (Å²) in [5.74, 6) is 1.61. The van der Waals surface area contributed by atoms with Crippen LogP contribution in [0.2, 0.25) is 0 Å². The van der Waals surface area contributed by atoms with E-state index < -0.39 is 0 Å². The number of ether oxygens (including phenoxy) is 1. The largest absolute Gasteiger partial charge is 0.495 e. The van der Waals surface area contributed by atoms with E-state index in [2.05, 4.69) is 29.5 Å². The molecule has 0 aliphatic rings. The molecule has 0 aliphatic carbocycles. The molecule has 3 rings (SSSR count). The molecule has 0 radical (unpaired) electrons. The molecule has 0 amide bonds. The average molecular weight is 508 g/mol. The van der Waals surface area contributed by atoms with Crippen LogP contribution < -0.4 is 10.3 Å². The van der Waals surface area contributed by atoms with E-state index in [9.17, 15) is 4.79 Å². The topological polar surface area (TPSA) is 44.1 Å². The Balaban J connectivity index is 2.03. The Bertz CT molecular complexity index is 1000. The Morgan fingerprint density at radius 2 is 1.89 bits per heavy atom. The molecular weight excluding hydrogens is 483 g/mol. The lowest BCUT2D eigenvalue weighted by atomic mass is 10.2. The van der Waals surface area contributed by atoms with Gasteiger partial charge < -0.3 is 4.74 Å². The summed E-state index contributed by atoms with van der Waals surface area (Å²) in [6.07, 6.45) is 6.12. The molecule has 148 valence electrons. The molecule has 0 spiro atoms. The average Bonchev–Trinajstić information content (AvgIpc) is 2.71. The van der Waals surface area contributed by atoms with E-state index in [-0.39, 0.29) is 5.56 Å². The van der Waals surface area contributed by atoms with Crippen LogP contribution in [-0.4, -0.2) is 22.4 Å². The van der Waals surface area contributed by atoms with Gasteiger partial charge in [0, 0.05) is 9.32 Å². The molecule has 1 heterocycles. The van der Waals surface area contributed by atoms with Crippen LogP contribution in [0.1, 0.15) is 39.0 Å². The number of para-hydroxylation sites is 2. The Morgan fingerprint density at radius 3 is 2.68 bits per heavy atom. The van der Waals surface area contributed by atoms with E-state index >= 15 is 0 Å². The number of nitrogens with zero attached hydrogens (tertiary/aromatic N) is 2. The van der Waals surface area contributed by atoms with Gasteiger partial charge in [0.15, 0.2) is 5.16 Å².